The van der Waals surface area contributed by atoms with E-state index in [1.807, 2.05) is 0 Å². The number of rotatable bonds is 7. The summed E-state index contributed by atoms with van der Waals surface area (Å²) in [6.45, 7) is 0.415. The molecule has 0 atom stereocenters. The van der Waals surface area contributed by atoms with Gasteiger partial charge in [-0.25, -0.2) is 0 Å². The van der Waals surface area contributed by atoms with E-state index < -0.39 is 10.8 Å². The highest BCUT2D eigenvalue weighted by atomic mass is 35.5. The van der Waals surface area contributed by atoms with Gasteiger partial charge in [-0.3, -0.25) is 24.7 Å². The molecule has 0 saturated heterocycles. The second-order valence-corrected chi connectivity index (χ2v) is 5.49. The molecule has 1 aromatic carbocycles. The van der Waals surface area contributed by atoms with Gasteiger partial charge in [0.15, 0.2) is 0 Å². The lowest BCUT2D eigenvalue weighted by molar-refractivity contribution is -0.385. The Balaban J connectivity index is 1.82. The molecule has 2 amide bonds. The van der Waals surface area contributed by atoms with Crippen molar-refractivity contribution >= 4 is 29.1 Å². The highest BCUT2D eigenvalue weighted by Crippen LogP contribution is 2.23. The highest BCUT2D eigenvalue weighted by molar-refractivity contribution is 6.31. The van der Waals surface area contributed by atoms with E-state index in [0.29, 0.717) is 6.54 Å². The van der Waals surface area contributed by atoms with Gasteiger partial charge in [0, 0.05) is 43.0 Å². The summed E-state index contributed by atoms with van der Waals surface area (Å²) in [7, 11) is 0. The molecule has 0 aliphatic carbocycles. The minimum absolute atomic E-state index is 0.0538. The van der Waals surface area contributed by atoms with Crippen LogP contribution in [0.25, 0.3) is 0 Å². The third kappa shape index (κ3) is 5.54. The molecule has 0 radical (unpaired) electrons. The first-order valence-electron chi connectivity index (χ1n) is 7.35. The van der Waals surface area contributed by atoms with E-state index in [4.69, 9.17) is 11.6 Å². The first-order chi connectivity index (χ1) is 12.0. The number of benzene rings is 1. The van der Waals surface area contributed by atoms with Gasteiger partial charge in [0.1, 0.15) is 5.56 Å². The van der Waals surface area contributed by atoms with Gasteiger partial charge in [0.25, 0.3) is 11.6 Å². The molecule has 0 unspecified atom stereocenters. The van der Waals surface area contributed by atoms with Crippen LogP contribution in [0, 0.1) is 10.1 Å². The summed E-state index contributed by atoms with van der Waals surface area (Å²) >= 11 is 5.70. The van der Waals surface area contributed by atoms with Crippen molar-refractivity contribution in [2.24, 2.45) is 0 Å². The predicted molar refractivity (Wildman–Crippen MR) is 91.1 cm³/mol. The number of halogens is 1. The summed E-state index contributed by atoms with van der Waals surface area (Å²) in [5, 5.41) is 16.3. The van der Waals surface area contributed by atoms with E-state index in [0.717, 1.165) is 11.6 Å². The second kappa shape index (κ2) is 8.74. The molecular weight excluding hydrogens is 348 g/mol. The van der Waals surface area contributed by atoms with Crippen LogP contribution >= 0.6 is 11.6 Å². The van der Waals surface area contributed by atoms with Gasteiger partial charge in [-0.05, 0) is 29.8 Å². The Hall–Kier alpha value is -3.00. The van der Waals surface area contributed by atoms with Crippen LogP contribution in [0.5, 0.6) is 0 Å². The lowest BCUT2D eigenvalue weighted by atomic mass is 10.1. The Morgan fingerprint density at radius 2 is 1.88 bits per heavy atom. The molecule has 1 heterocycles. The average Bonchev–Trinajstić information content (AvgIpc) is 2.60. The number of nitro benzene ring substituents is 1. The zero-order valence-electron chi connectivity index (χ0n) is 13.1. The molecule has 9 heteroatoms. The van der Waals surface area contributed by atoms with Crippen LogP contribution in [-0.2, 0) is 11.3 Å². The molecule has 130 valence electrons. The molecule has 0 spiro atoms. The Kier molecular flexibility index (Phi) is 6.41. The Morgan fingerprint density at radius 1 is 1.16 bits per heavy atom. The van der Waals surface area contributed by atoms with Gasteiger partial charge in [-0.15, -0.1) is 0 Å². The van der Waals surface area contributed by atoms with Crippen molar-refractivity contribution in [1.82, 2.24) is 15.6 Å². The fourth-order valence-corrected chi connectivity index (χ4v) is 2.19. The molecule has 2 aromatic rings. The van der Waals surface area contributed by atoms with Crippen LogP contribution in [0.3, 0.4) is 0 Å². The zero-order chi connectivity index (χ0) is 18.2. The van der Waals surface area contributed by atoms with Gasteiger partial charge in [-0.1, -0.05) is 11.6 Å². The molecule has 8 nitrogen and oxygen atoms in total. The number of pyridine rings is 1. The average molecular weight is 363 g/mol. The standard InChI is InChI=1S/C16H15ClN4O4/c17-12-1-2-13(14(9-12)21(24)25)16(23)19-8-5-15(22)20-10-11-3-6-18-7-4-11/h1-4,6-7,9H,5,8,10H2,(H,19,23)(H,20,22). The van der Waals surface area contributed by atoms with Crippen molar-refractivity contribution in [1.29, 1.82) is 0 Å². The largest absolute Gasteiger partial charge is 0.352 e. The van der Waals surface area contributed by atoms with Gasteiger partial charge in [0.2, 0.25) is 5.91 Å². The van der Waals surface area contributed by atoms with Crippen LogP contribution in [0.4, 0.5) is 5.69 Å². The third-order valence-corrected chi connectivity index (χ3v) is 3.51. The maximum atomic E-state index is 12.0. The molecule has 0 bridgehead atoms. The fourth-order valence-electron chi connectivity index (χ4n) is 2.02. The van der Waals surface area contributed by atoms with Crippen LogP contribution in [0.2, 0.25) is 5.02 Å². The first-order valence-corrected chi connectivity index (χ1v) is 7.73. The van der Waals surface area contributed by atoms with Crippen molar-refractivity contribution in [2.45, 2.75) is 13.0 Å². The minimum atomic E-state index is -0.678. The first kappa shape index (κ1) is 18.3. The lowest BCUT2D eigenvalue weighted by Gasteiger charge is -2.07. The minimum Gasteiger partial charge on any atom is -0.352 e. The summed E-state index contributed by atoms with van der Waals surface area (Å²) in [6, 6.07) is 7.34. The van der Waals surface area contributed by atoms with Gasteiger partial charge in [0.05, 0.1) is 4.92 Å². The maximum Gasteiger partial charge on any atom is 0.283 e. The van der Waals surface area contributed by atoms with Crippen molar-refractivity contribution in [2.75, 3.05) is 6.54 Å². The highest BCUT2D eigenvalue weighted by Gasteiger charge is 2.20. The van der Waals surface area contributed by atoms with E-state index >= 15 is 0 Å². The molecular formula is C16H15ClN4O4. The van der Waals surface area contributed by atoms with Crippen LogP contribution in [-0.4, -0.2) is 28.3 Å². The molecule has 25 heavy (non-hydrogen) atoms. The molecule has 1 aromatic heterocycles. The molecule has 0 aliphatic rings. The molecule has 2 rings (SSSR count). The second-order valence-electron chi connectivity index (χ2n) is 5.06. The van der Waals surface area contributed by atoms with Gasteiger partial charge < -0.3 is 10.6 Å². The zero-order valence-corrected chi connectivity index (χ0v) is 13.8. The summed E-state index contributed by atoms with van der Waals surface area (Å²) in [4.78, 5) is 38.0. The monoisotopic (exact) mass is 362 g/mol. The summed E-state index contributed by atoms with van der Waals surface area (Å²) in [6.07, 6.45) is 3.31. The number of hydrogen-bond acceptors (Lipinski definition) is 5. The van der Waals surface area contributed by atoms with Gasteiger partial charge in [-0.2, -0.15) is 0 Å². The Bertz CT molecular complexity index is 783. The summed E-state index contributed by atoms with van der Waals surface area (Å²) in [5.41, 5.74) is 0.419. The van der Waals surface area contributed by atoms with Crippen molar-refractivity contribution in [3.63, 3.8) is 0 Å². The quantitative estimate of drug-likeness (QED) is 0.578. The number of carbonyl (C=O) groups excluding carboxylic acids is 2. The number of hydrogen-bond donors (Lipinski definition) is 2. The van der Waals surface area contributed by atoms with Crippen molar-refractivity contribution in [3.05, 3.63) is 69.0 Å². The molecule has 0 saturated carbocycles. The summed E-state index contributed by atoms with van der Waals surface area (Å²) in [5.74, 6) is -0.881. The topological polar surface area (TPSA) is 114 Å². The Morgan fingerprint density at radius 3 is 2.56 bits per heavy atom. The number of aromatic nitrogens is 1. The van der Waals surface area contributed by atoms with Crippen LogP contribution in [0.1, 0.15) is 22.3 Å². The van der Waals surface area contributed by atoms with Crippen molar-refractivity contribution in [3.8, 4) is 0 Å². The number of amides is 2. The predicted octanol–water partition coefficient (Wildman–Crippen LogP) is 2.08. The van der Waals surface area contributed by atoms with E-state index in [1.54, 1.807) is 24.5 Å². The molecule has 2 N–H and O–H groups in total. The van der Waals surface area contributed by atoms with Gasteiger partial charge >= 0.3 is 0 Å². The normalized spacial score (nSPS) is 10.1. The number of nitrogens with zero attached hydrogens (tertiary/aromatic N) is 2. The lowest BCUT2D eigenvalue weighted by Crippen LogP contribution is -2.30. The number of nitrogens with one attached hydrogen (secondary N) is 2. The number of carbonyl (C=O) groups is 2. The molecule has 0 aliphatic heterocycles. The van der Waals surface area contributed by atoms with Crippen molar-refractivity contribution < 1.29 is 14.5 Å². The third-order valence-electron chi connectivity index (χ3n) is 3.28. The SMILES string of the molecule is O=C(CCNC(=O)c1ccc(Cl)cc1[N+](=O)[O-])NCc1ccncc1. The van der Waals surface area contributed by atoms with E-state index in [9.17, 15) is 19.7 Å². The van der Waals surface area contributed by atoms with E-state index in [1.165, 1.54) is 12.1 Å². The Labute approximate surface area is 148 Å². The van der Waals surface area contributed by atoms with E-state index in [-0.39, 0.29) is 35.1 Å². The van der Waals surface area contributed by atoms with Crippen LogP contribution < -0.4 is 10.6 Å². The maximum absolute atomic E-state index is 12.0. The molecule has 0 fully saturated rings. The fraction of sp³-hybridized carbons (Fsp3) is 0.188. The van der Waals surface area contributed by atoms with Crippen LogP contribution in [0.15, 0.2) is 42.7 Å². The van der Waals surface area contributed by atoms with E-state index in [2.05, 4.69) is 15.6 Å². The number of nitro groups is 1. The smallest absolute Gasteiger partial charge is 0.283 e. The summed E-state index contributed by atoms with van der Waals surface area (Å²) < 4.78 is 0.